The van der Waals surface area contributed by atoms with E-state index >= 15 is 0 Å². The van der Waals surface area contributed by atoms with Gasteiger partial charge in [-0.2, -0.15) is 0 Å². The molecule has 7 heteroatoms. The van der Waals surface area contributed by atoms with Gasteiger partial charge in [0.1, 0.15) is 5.82 Å². The summed E-state index contributed by atoms with van der Waals surface area (Å²) in [6.45, 7) is 3.53. The Bertz CT molecular complexity index is 993. The third kappa shape index (κ3) is 4.86. The lowest BCUT2D eigenvalue weighted by Gasteiger charge is -2.30. The Morgan fingerprint density at radius 2 is 2.07 bits per heavy atom. The summed E-state index contributed by atoms with van der Waals surface area (Å²) in [4.78, 5) is 27.5. The molecule has 1 N–H and O–H groups in total. The van der Waals surface area contributed by atoms with Crippen LogP contribution in [-0.2, 0) is 4.79 Å². The first kappa shape index (κ1) is 19.3. The average molecular weight is 406 g/mol. The summed E-state index contributed by atoms with van der Waals surface area (Å²) in [5.74, 6) is 1.28. The molecule has 6 nitrogen and oxygen atoms in total. The van der Waals surface area contributed by atoms with Gasteiger partial charge >= 0.3 is 0 Å². The molecule has 0 aromatic carbocycles. The molecule has 0 spiro atoms. The summed E-state index contributed by atoms with van der Waals surface area (Å²) in [6.07, 6.45) is 10.6. The Labute approximate surface area is 174 Å². The fraction of sp³-hybridized carbons (Fsp3) is 0.273. The minimum absolute atomic E-state index is 0.0542. The van der Waals surface area contributed by atoms with Crippen molar-refractivity contribution in [2.24, 2.45) is 0 Å². The minimum Gasteiger partial charge on any atom is -0.339 e. The van der Waals surface area contributed by atoms with Gasteiger partial charge in [0.15, 0.2) is 5.13 Å². The van der Waals surface area contributed by atoms with E-state index in [9.17, 15) is 4.79 Å². The fourth-order valence-corrected chi connectivity index (χ4v) is 4.18. The van der Waals surface area contributed by atoms with Gasteiger partial charge in [-0.15, -0.1) is 11.3 Å². The lowest BCUT2D eigenvalue weighted by molar-refractivity contribution is -0.126. The van der Waals surface area contributed by atoms with E-state index in [0.29, 0.717) is 5.92 Å². The number of aryl methyl sites for hydroxylation is 1. The van der Waals surface area contributed by atoms with Crippen molar-refractivity contribution in [2.45, 2.75) is 25.7 Å². The van der Waals surface area contributed by atoms with E-state index in [4.69, 9.17) is 4.98 Å². The van der Waals surface area contributed by atoms with Crippen molar-refractivity contribution >= 4 is 34.3 Å². The van der Waals surface area contributed by atoms with Crippen LogP contribution in [0.25, 0.3) is 6.08 Å². The highest BCUT2D eigenvalue weighted by atomic mass is 32.1. The topological polar surface area (TPSA) is 71.0 Å². The van der Waals surface area contributed by atoms with Crippen molar-refractivity contribution in [3.8, 4) is 0 Å². The molecule has 0 radical (unpaired) electrons. The van der Waals surface area contributed by atoms with Gasteiger partial charge in [0.05, 0.1) is 5.69 Å². The van der Waals surface area contributed by atoms with Crippen LogP contribution >= 0.6 is 11.3 Å². The number of aromatic nitrogens is 3. The molecule has 29 heavy (non-hydrogen) atoms. The maximum absolute atomic E-state index is 12.4. The second kappa shape index (κ2) is 8.96. The third-order valence-corrected chi connectivity index (χ3v) is 5.86. The van der Waals surface area contributed by atoms with E-state index < -0.39 is 0 Å². The number of rotatable bonds is 5. The van der Waals surface area contributed by atoms with E-state index in [1.807, 2.05) is 42.2 Å². The first-order chi connectivity index (χ1) is 14.2. The van der Waals surface area contributed by atoms with Crippen molar-refractivity contribution < 1.29 is 4.79 Å². The van der Waals surface area contributed by atoms with Crippen LogP contribution in [0.2, 0.25) is 0 Å². The molecule has 1 amide bonds. The predicted octanol–water partition coefficient (Wildman–Crippen LogP) is 4.40. The summed E-state index contributed by atoms with van der Waals surface area (Å²) >= 11 is 1.60. The quantitative estimate of drug-likeness (QED) is 0.637. The fourth-order valence-electron chi connectivity index (χ4n) is 3.39. The number of nitrogens with zero attached hydrogens (tertiary/aromatic N) is 4. The molecule has 0 saturated carbocycles. The highest BCUT2D eigenvalue weighted by molar-refractivity contribution is 7.13. The molecule has 1 saturated heterocycles. The molecule has 0 aliphatic carbocycles. The molecule has 148 valence electrons. The summed E-state index contributed by atoms with van der Waals surface area (Å²) in [7, 11) is 0. The van der Waals surface area contributed by atoms with Crippen LogP contribution in [0.1, 0.15) is 35.6 Å². The molecule has 3 aromatic rings. The van der Waals surface area contributed by atoms with E-state index in [2.05, 4.69) is 20.7 Å². The first-order valence-corrected chi connectivity index (χ1v) is 10.6. The lowest BCUT2D eigenvalue weighted by atomic mass is 9.94. The van der Waals surface area contributed by atoms with Gasteiger partial charge in [-0.25, -0.2) is 9.97 Å². The van der Waals surface area contributed by atoms with Gasteiger partial charge in [-0.1, -0.05) is 12.1 Å². The number of hydrogen-bond acceptors (Lipinski definition) is 6. The number of amides is 1. The second-order valence-electron chi connectivity index (χ2n) is 7.09. The Kier molecular flexibility index (Phi) is 5.95. The predicted molar refractivity (Wildman–Crippen MR) is 116 cm³/mol. The summed E-state index contributed by atoms with van der Waals surface area (Å²) < 4.78 is 0. The third-order valence-electron chi connectivity index (χ3n) is 5.08. The van der Waals surface area contributed by atoms with Crippen molar-refractivity contribution in [1.29, 1.82) is 0 Å². The number of anilines is 2. The monoisotopic (exact) mass is 405 g/mol. The summed E-state index contributed by atoms with van der Waals surface area (Å²) in [6, 6.07) is 7.75. The highest BCUT2D eigenvalue weighted by Gasteiger charge is 2.24. The molecule has 1 aliphatic heterocycles. The van der Waals surface area contributed by atoms with Gasteiger partial charge in [0.25, 0.3) is 0 Å². The molecular weight excluding hydrogens is 382 g/mol. The minimum atomic E-state index is 0.0542. The van der Waals surface area contributed by atoms with Crippen LogP contribution in [0.15, 0.2) is 54.3 Å². The average Bonchev–Trinajstić information content (AvgIpc) is 3.23. The van der Waals surface area contributed by atoms with Crippen LogP contribution in [0.4, 0.5) is 10.9 Å². The smallest absolute Gasteiger partial charge is 0.246 e. The van der Waals surface area contributed by atoms with Crippen LogP contribution in [0.3, 0.4) is 0 Å². The maximum atomic E-state index is 12.4. The standard InChI is InChI=1S/C22H23N5OS/c1-16-4-2-11-24-21(16)26-22-25-19(15-29-22)18-8-12-27(13-9-18)20(28)7-6-17-5-3-10-23-14-17/h2-7,10-11,14-15,18H,8-9,12-13H2,1H3,(H,24,25,26). The number of pyridine rings is 2. The van der Waals surface area contributed by atoms with Crippen molar-refractivity contribution in [3.63, 3.8) is 0 Å². The number of nitrogens with one attached hydrogen (secondary N) is 1. The number of carbonyl (C=O) groups is 1. The molecule has 0 unspecified atom stereocenters. The lowest BCUT2D eigenvalue weighted by Crippen LogP contribution is -2.36. The van der Waals surface area contributed by atoms with Crippen molar-refractivity contribution in [1.82, 2.24) is 19.9 Å². The molecule has 0 bridgehead atoms. The Balaban J connectivity index is 1.32. The van der Waals surface area contributed by atoms with Gasteiger partial charge in [-0.3, -0.25) is 9.78 Å². The molecule has 0 atom stereocenters. The van der Waals surface area contributed by atoms with E-state index in [1.165, 1.54) is 0 Å². The van der Waals surface area contributed by atoms with Crippen LogP contribution in [0.5, 0.6) is 0 Å². The SMILES string of the molecule is Cc1cccnc1Nc1nc(C2CCN(C(=O)C=Cc3cccnc3)CC2)cs1. The number of hydrogen-bond donors (Lipinski definition) is 1. The molecule has 1 fully saturated rings. The van der Waals surface area contributed by atoms with E-state index in [-0.39, 0.29) is 5.91 Å². The summed E-state index contributed by atoms with van der Waals surface area (Å²) in [5, 5.41) is 6.29. The first-order valence-electron chi connectivity index (χ1n) is 9.70. The largest absolute Gasteiger partial charge is 0.339 e. The maximum Gasteiger partial charge on any atom is 0.246 e. The van der Waals surface area contributed by atoms with Crippen molar-refractivity contribution in [3.05, 3.63) is 71.1 Å². The Morgan fingerprint density at radius 1 is 1.24 bits per heavy atom. The zero-order valence-corrected chi connectivity index (χ0v) is 17.1. The Morgan fingerprint density at radius 3 is 2.83 bits per heavy atom. The highest BCUT2D eigenvalue weighted by Crippen LogP contribution is 2.31. The summed E-state index contributed by atoms with van der Waals surface area (Å²) in [5.41, 5.74) is 3.13. The van der Waals surface area contributed by atoms with Gasteiger partial charge in [0, 0.05) is 49.1 Å². The molecular formula is C22H23N5OS. The Hall–Kier alpha value is -3.06. The zero-order valence-electron chi connectivity index (χ0n) is 16.3. The second-order valence-corrected chi connectivity index (χ2v) is 7.95. The number of piperidine rings is 1. The van der Waals surface area contributed by atoms with Gasteiger partial charge in [-0.05, 0) is 49.1 Å². The van der Waals surface area contributed by atoms with Crippen LogP contribution in [-0.4, -0.2) is 38.8 Å². The molecule has 4 rings (SSSR count). The number of thiazole rings is 1. The van der Waals surface area contributed by atoms with E-state index in [1.54, 1.807) is 36.0 Å². The van der Waals surface area contributed by atoms with Crippen molar-refractivity contribution in [2.75, 3.05) is 18.4 Å². The van der Waals surface area contributed by atoms with Gasteiger partial charge in [0.2, 0.25) is 5.91 Å². The normalized spacial score (nSPS) is 15.0. The number of carbonyl (C=O) groups excluding carboxylic acids is 1. The zero-order chi connectivity index (χ0) is 20.1. The van der Waals surface area contributed by atoms with Gasteiger partial charge < -0.3 is 10.2 Å². The molecule has 3 aromatic heterocycles. The van der Waals surface area contributed by atoms with Crippen LogP contribution in [0, 0.1) is 6.92 Å². The molecule has 1 aliphatic rings. The van der Waals surface area contributed by atoms with E-state index in [0.717, 1.165) is 53.7 Å². The van der Waals surface area contributed by atoms with Crippen LogP contribution < -0.4 is 5.32 Å². The number of likely N-dealkylation sites (tertiary alicyclic amines) is 1. The molecule has 4 heterocycles.